The van der Waals surface area contributed by atoms with E-state index in [-0.39, 0.29) is 35.2 Å². The number of carbonyl (C=O) groups is 2. The van der Waals surface area contributed by atoms with Crippen LogP contribution in [0.3, 0.4) is 0 Å². The summed E-state index contributed by atoms with van der Waals surface area (Å²) < 4.78 is 14.1. The fourth-order valence-corrected chi connectivity index (χ4v) is 5.40. The average molecular weight is 491 g/mol. The highest BCUT2D eigenvalue weighted by Crippen LogP contribution is 2.25. The summed E-state index contributed by atoms with van der Waals surface area (Å²) in [4.78, 5) is 27.9. The molecule has 0 spiro atoms. The molecule has 3 rings (SSSR count). The largest absolute Gasteiger partial charge is 0.352 e. The lowest BCUT2D eigenvalue weighted by Gasteiger charge is -2.31. The highest BCUT2D eigenvalue weighted by Gasteiger charge is 2.28. The van der Waals surface area contributed by atoms with Gasteiger partial charge in [-0.05, 0) is 44.4 Å². The topological polar surface area (TPSA) is 49.4 Å². The van der Waals surface area contributed by atoms with Crippen LogP contribution in [0.25, 0.3) is 0 Å². The van der Waals surface area contributed by atoms with Gasteiger partial charge in [0.05, 0.1) is 5.75 Å². The monoisotopic (exact) mass is 490 g/mol. The number of carbonyl (C=O) groups excluding carboxylic acids is 2. The number of aryl methyl sites for hydroxylation is 1. The first kappa shape index (κ1) is 25.6. The van der Waals surface area contributed by atoms with Crippen molar-refractivity contribution in [3.8, 4) is 0 Å². The highest BCUT2D eigenvalue weighted by atomic mass is 35.5. The molecule has 0 heterocycles. The van der Waals surface area contributed by atoms with Crippen molar-refractivity contribution in [2.45, 2.75) is 70.3 Å². The lowest BCUT2D eigenvalue weighted by molar-refractivity contribution is -0.139. The van der Waals surface area contributed by atoms with Gasteiger partial charge in [-0.15, -0.1) is 11.8 Å². The minimum absolute atomic E-state index is 0.120. The molecule has 1 aliphatic rings. The number of halogens is 2. The van der Waals surface area contributed by atoms with E-state index in [1.54, 1.807) is 24.0 Å². The molecule has 0 saturated heterocycles. The number of nitrogens with one attached hydrogen (secondary N) is 1. The fourth-order valence-electron chi connectivity index (χ4n) is 4.15. The summed E-state index contributed by atoms with van der Waals surface area (Å²) in [6.45, 7) is 4.13. The Morgan fingerprint density at radius 3 is 2.61 bits per heavy atom. The maximum atomic E-state index is 14.1. The van der Waals surface area contributed by atoms with Crippen LogP contribution in [0, 0.1) is 12.7 Å². The third kappa shape index (κ3) is 7.47. The smallest absolute Gasteiger partial charge is 0.242 e. The number of hydrogen-bond acceptors (Lipinski definition) is 3. The minimum Gasteiger partial charge on any atom is -0.352 e. The van der Waals surface area contributed by atoms with Gasteiger partial charge in [-0.2, -0.15) is 0 Å². The Morgan fingerprint density at radius 1 is 1.18 bits per heavy atom. The first-order chi connectivity index (χ1) is 15.8. The zero-order chi connectivity index (χ0) is 23.8. The Labute approximate surface area is 205 Å². The van der Waals surface area contributed by atoms with Crippen molar-refractivity contribution in [2.75, 3.05) is 5.75 Å². The van der Waals surface area contributed by atoms with Gasteiger partial charge in [-0.3, -0.25) is 9.59 Å². The Morgan fingerprint density at radius 2 is 1.91 bits per heavy atom. The molecule has 1 N–H and O–H groups in total. The number of benzene rings is 2. The van der Waals surface area contributed by atoms with Crippen LogP contribution in [-0.2, 0) is 21.9 Å². The van der Waals surface area contributed by atoms with Gasteiger partial charge in [0.2, 0.25) is 11.8 Å². The molecule has 7 heteroatoms. The second kappa shape index (κ2) is 12.4. The van der Waals surface area contributed by atoms with Crippen LogP contribution >= 0.6 is 23.4 Å². The molecule has 0 bridgehead atoms. The van der Waals surface area contributed by atoms with Crippen LogP contribution in [0.2, 0.25) is 5.02 Å². The molecule has 2 aromatic carbocycles. The third-order valence-corrected chi connectivity index (χ3v) is 7.39. The zero-order valence-electron chi connectivity index (χ0n) is 19.3. The number of rotatable bonds is 9. The van der Waals surface area contributed by atoms with Gasteiger partial charge in [0.25, 0.3) is 0 Å². The van der Waals surface area contributed by atoms with Gasteiger partial charge >= 0.3 is 0 Å². The molecular weight excluding hydrogens is 459 g/mol. The summed E-state index contributed by atoms with van der Waals surface area (Å²) in [5.74, 6) is -0.222. The van der Waals surface area contributed by atoms with E-state index in [0.29, 0.717) is 17.1 Å². The SMILES string of the molecule is Cc1cccc(CN(C(=O)CSCc2c(F)cccc2Cl)[C@@H](C)C(=O)NC2CCCCC2)c1. The van der Waals surface area contributed by atoms with Gasteiger partial charge in [0.15, 0.2) is 0 Å². The van der Waals surface area contributed by atoms with E-state index in [0.717, 1.165) is 36.8 Å². The van der Waals surface area contributed by atoms with Crippen LogP contribution < -0.4 is 5.32 Å². The highest BCUT2D eigenvalue weighted by molar-refractivity contribution is 7.99. The number of thioether (sulfide) groups is 1. The summed E-state index contributed by atoms with van der Waals surface area (Å²) in [6, 6.07) is 12.1. The normalized spacial score (nSPS) is 15.2. The molecule has 1 fully saturated rings. The van der Waals surface area contributed by atoms with E-state index < -0.39 is 6.04 Å². The zero-order valence-corrected chi connectivity index (χ0v) is 20.9. The van der Waals surface area contributed by atoms with E-state index in [2.05, 4.69) is 5.32 Å². The molecule has 4 nitrogen and oxygen atoms in total. The molecule has 33 heavy (non-hydrogen) atoms. The molecule has 1 aliphatic carbocycles. The molecule has 0 aliphatic heterocycles. The summed E-state index contributed by atoms with van der Waals surface area (Å²) in [6.07, 6.45) is 5.44. The van der Waals surface area contributed by atoms with Crippen LogP contribution in [-0.4, -0.2) is 34.6 Å². The molecule has 2 amide bonds. The number of hydrogen-bond donors (Lipinski definition) is 1. The fraction of sp³-hybridized carbons (Fsp3) is 0.462. The van der Waals surface area contributed by atoms with Gasteiger partial charge < -0.3 is 10.2 Å². The third-order valence-electron chi connectivity index (χ3n) is 6.09. The number of amides is 2. The minimum atomic E-state index is -0.599. The lowest BCUT2D eigenvalue weighted by Crippen LogP contribution is -2.50. The van der Waals surface area contributed by atoms with E-state index in [9.17, 15) is 14.0 Å². The predicted octanol–water partition coefficient (Wildman–Crippen LogP) is 5.89. The van der Waals surface area contributed by atoms with Gasteiger partial charge in [-0.25, -0.2) is 4.39 Å². The molecule has 2 aromatic rings. The van der Waals surface area contributed by atoms with E-state index in [4.69, 9.17) is 11.6 Å². The van der Waals surface area contributed by atoms with Crippen LogP contribution in [0.15, 0.2) is 42.5 Å². The maximum Gasteiger partial charge on any atom is 0.242 e. The van der Waals surface area contributed by atoms with Crippen LogP contribution in [0.5, 0.6) is 0 Å². The lowest BCUT2D eigenvalue weighted by atomic mass is 9.95. The van der Waals surface area contributed by atoms with Crippen LogP contribution in [0.1, 0.15) is 55.7 Å². The summed E-state index contributed by atoms with van der Waals surface area (Å²) >= 11 is 7.41. The summed E-state index contributed by atoms with van der Waals surface area (Å²) in [5.41, 5.74) is 2.47. The first-order valence-corrected chi connectivity index (χ1v) is 13.0. The van der Waals surface area contributed by atoms with Crippen LogP contribution in [0.4, 0.5) is 4.39 Å². The molecule has 0 radical (unpaired) electrons. The van der Waals surface area contributed by atoms with Crippen molar-refractivity contribution in [2.24, 2.45) is 0 Å². The standard InChI is InChI=1S/C26H32ClFN2O2S/c1-18-8-6-9-20(14-18)15-30(19(2)26(32)29-21-10-4-3-5-11-21)25(31)17-33-16-22-23(27)12-7-13-24(22)28/h6-9,12-14,19,21H,3-5,10-11,15-17H2,1-2H3,(H,29,32)/t19-/m0/s1. The van der Waals surface area contributed by atoms with E-state index in [1.165, 1.54) is 24.2 Å². The molecule has 0 unspecified atom stereocenters. The predicted molar refractivity (Wildman–Crippen MR) is 134 cm³/mol. The van der Waals surface area contributed by atoms with Crippen molar-refractivity contribution < 1.29 is 14.0 Å². The molecule has 1 saturated carbocycles. The van der Waals surface area contributed by atoms with Gasteiger partial charge in [0.1, 0.15) is 11.9 Å². The second-order valence-electron chi connectivity index (χ2n) is 8.72. The molecule has 1 atom stereocenters. The Hall–Kier alpha value is -2.05. The Kier molecular flexibility index (Phi) is 9.63. The van der Waals surface area contributed by atoms with Crippen molar-refractivity contribution in [1.82, 2.24) is 10.2 Å². The second-order valence-corrected chi connectivity index (χ2v) is 10.1. The van der Waals surface area contributed by atoms with Crippen molar-refractivity contribution in [3.63, 3.8) is 0 Å². The molecule has 0 aromatic heterocycles. The Balaban J connectivity index is 1.68. The first-order valence-electron chi connectivity index (χ1n) is 11.5. The average Bonchev–Trinajstić information content (AvgIpc) is 2.79. The van der Waals surface area contributed by atoms with Gasteiger partial charge in [-0.1, -0.05) is 66.8 Å². The van der Waals surface area contributed by atoms with E-state index >= 15 is 0 Å². The Bertz CT molecular complexity index is 945. The van der Waals surface area contributed by atoms with E-state index in [1.807, 2.05) is 31.2 Å². The van der Waals surface area contributed by atoms with Crippen molar-refractivity contribution in [1.29, 1.82) is 0 Å². The van der Waals surface area contributed by atoms with Crippen molar-refractivity contribution >= 4 is 35.2 Å². The quantitative estimate of drug-likeness (QED) is 0.477. The maximum absolute atomic E-state index is 14.1. The van der Waals surface area contributed by atoms with Crippen molar-refractivity contribution in [3.05, 3.63) is 70.0 Å². The number of nitrogens with zero attached hydrogens (tertiary/aromatic N) is 1. The van der Waals surface area contributed by atoms with Gasteiger partial charge in [0, 0.05) is 28.9 Å². The molecular formula is C26H32ClFN2O2S. The molecule has 178 valence electrons. The summed E-state index contributed by atoms with van der Waals surface area (Å²) in [7, 11) is 0. The summed E-state index contributed by atoms with van der Waals surface area (Å²) in [5, 5.41) is 3.49.